The first-order valence-corrected chi connectivity index (χ1v) is 5.84. The van der Waals surface area contributed by atoms with Gasteiger partial charge < -0.3 is 19.7 Å². The minimum Gasteiger partial charge on any atom is -0.504 e. The Labute approximate surface area is 106 Å². The number of carbonyl (C=O) groups is 1. The van der Waals surface area contributed by atoms with Crippen LogP contribution in [0.15, 0.2) is 6.07 Å². The van der Waals surface area contributed by atoms with Crippen LogP contribution in [0.25, 0.3) is 0 Å². The van der Waals surface area contributed by atoms with Crippen LogP contribution in [0, 0.1) is 13.8 Å². The second kappa shape index (κ2) is 6.14. The maximum atomic E-state index is 10.5. The van der Waals surface area contributed by atoms with Gasteiger partial charge in [0.25, 0.3) is 0 Å². The highest BCUT2D eigenvalue weighted by Crippen LogP contribution is 2.39. The molecule has 1 rings (SSSR count). The van der Waals surface area contributed by atoms with Crippen molar-refractivity contribution in [3.05, 3.63) is 17.2 Å². The summed E-state index contributed by atoms with van der Waals surface area (Å²) in [4.78, 5) is 10.5. The van der Waals surface area contributed by atoms with Gasteiger partial charge in [0.1, 0.15) is 5.75 Å². The molecule has 100 valence electrons. The van der Waals surface area contributed by atoms with Crippen molar-refractivity contribution < 1.29 is 24.5 Å². The van der Waals surface area contributed by atoms with Crippen LogP contribution in [0.3, 0.4) is 0 Å². The Morgan fingerprint density at radius 1 is 1.39 bits per heavy atom. The third kappa shape index (κ3) is 3.29. The van der Waals surface area contributed by atoms with Gasteiger partial charge in [-0.05, 0) is 31.9 Å². The minimum absolute atomic E-state index is 0.0390. The van der Waals surface area contributed by atoms with Gasteiger partial charge in [-0.1, -0.05) is 13.3 Å². The Bertz CT molecular complexity index is 439. The zero-order chi connectivity index (χ0) is 13.7. The summed E-state index contributed by atoms with van der Waals surface area (Å²) >= 11 is 0. The first-order valence-electron chi connectivity index (χ1n) is 5.84. The zero-order valence-electron chi connectivity index (χ0n) is 10.8. The Morgan fingerprint density at radius 3 is 2.61 bits per heavy atom. The number of ether oxygens (including phenoxy) is 2. The van der Waals surface area contributed by atoms with Crippen LogP contribution in [0.4, 0.5) is 4.79 Å². The van der Waals surface area contributed by atoms with Crippen molar-refractivity contribution in [3.63, 3.8) is 0 Å². The van der Waals surface area contributed by atoms with E-state index in [1.807, 2.05) is 0 Å². The number of phenols is 1. The molecular formula is C13H18O5. The predicted molar refractivity (Wildman–Crippen MR) is 66.6 cm³/mol. The monoisotopic (exact) mass is 254 g/mol. The number of hydrogen-bond donors (Lipinski definition) is 2. The van der Waals surface area contributed by atoms with Gasteiger partial charge in [-0.3, -0.25) is 0 Å². The van der Waals surface area contributed by atoms with Crippen molar-refractivity contribution in [2.45, 2.75) is 33.6 Å². The molecule has 0 saturated carbocycles. The molecule has 1 aromatic rings. The van der Waals surface area contributed by atoms with Crippen LogP contribution in [0.2, 0.25) is 0 Å². The Balaban J connectivity index is 3.00. The molecule has 2 N–H and O–H groups in total. The molecule has 0 bridgehead atoms. The number of rotatable bonds is 5. The number of benzene rings is 1. The van der Waals surface area contributed by atoms with E-state index >= 15 is 0 Å². The summed E-state index contributed by atoms with van der Waals surface area (Å²) < 4.78 is 10.1. The topological polar surface area (TPSA) is 76.0 Å². The van der Waals surface area contributed by atoms with E-state index in [0.29, 0.717) is 23.5 Å². The van der Waals surface area contributed by atoms with Crippen molar-refractivity contribution in [2.75, 3.05) is 6.61 Å². The molecule has 0 aliphatic heterocycles. The molecule has 0 fully saturated rings. The van der Waals surface area contributed by atoms with Gasteiger partial charge in [-0.15, -0.1) is 0 Å². The van der Waals surface area contributed by atoms with Gasteiger partial charge in [-0.25, -0.2) is 4.79 Å². The first kappa shape index (κ1) is 14.2. The van der Waals surface area contributed by atoms with E-state index in [4.69, 9.17) is 9.84 Å². The lowest BCUT2D eigenvalue weighted by molar-refractivity contribution is 0.142. The molecule has 0 radical (unpaired) electrons. The van der Waals surface area contributed by atoms with Crippen molar-refractivity contribution in [3.8, 4) is 17.2 Å². The number of unbranched alkanes of at least 4 members (excludes halogenated alkanes) is 1. The fraction of sp³-hybridized carbons (Fsp3) is 0.462. The lowest BCUT2D eigenvalue weighted by atomic mass is 10.1. The second-order valence-electron chi connectivity index (χ2n) is 4.06. The van der Waals surface area contributed by atoms with E-state index in [1.54, 1.807) is 19.9 Å². The van der Waals surface area contributed by atoms with Crippen molar-refractivity contribution >= 4 is 6.16 Å². The highest BCUT2D eigenvalue weighted by atomic mass is 16.7. The molecular weight excluding hydrogens is 236 g/mol. The quantitative estimate of drug-likeness (QED) is 0.479. The van der Waals surface area contributed by atoms with Crippen LogP contribution < -0.4 is 9.47 Å². The van der Waals surface area contributed by atoms with Crippen LogP contribution in [0.1, 0.15) is 30.9 Å². The number of carboxylic acid groups (broad SMARTS) is 1. The van der Waals surface area contributed by atoms with Crippen molar-refractivity contribution in [2.24, 2.45) is 0 Å². The van der Waals surface area contributed by atoms with E-state index < -0.39 is 6.16 Å². The number of phenolic OH excluding ortho intramolecular Hbond substituents is 1. The SMILES string of the molecule is CCCCOc1cc(C)c(OC(=O)O)c(O)c1C. The van der Waals surface area contributed by atoms with E-state index in [9.17, 15) is 9.90 Å². The summed E-state index contributed by atoms with van der Waals surface area (Å²) in [7, 11) is 0. The van der Waals surface area contributed by atoms with Gasteiger partial charge in [0, 0.05) is 5.56 Å². The van der Waals surface area contributed by atoms with Gasteiger partial charge >= 0.3 is 6.16 Å². The molecule has 0 aromatic heterocycles. The largest absolute Gasteiger partial charge is 0.511 e. The molecule has 0 aliphatic carbocycles. The molecule has 0 spiro atoms. The minimum atomic E-state index is -1.45. The summed E-state index contributed by atoms with van der Waals surface area (Å²) in [5.74, 6) is 0.322. The molecule has 18 heavy (non-hydrogen) atoms. The third-order valence-electron chi connectivity index (χ3n) is 2.59. The van der Waals surface area contributed by atoms with E-state index in [-0.39, 0.29) is 11.5 Å². The molecule has 0 unspecified atom stereocenters. The standard InChI is InChI=1S/C13H18O5/c1-4-5-6-17-10-7-8(2)12(18-13(15)16)11(14)9(10)3/h7,14H,4-6H2,1-3H3,(H,15,16). The fourth-order valence-corrected chi connectivity index (χ4v) is 1.54. The van der Waals surface area contributed by atoms with Crippen molar-refractivity contribution in [1.82, 2.24) is 0 Å². The summed E-state index contributed by atoms with van der Waals surface area (Å²) in [6.07, 6.45) is 0.490. The summed E-state index contributed by atoms with van der Waals surface area (Å²) in [5.41, 5.74) is 1.000. The van der Waals surface area contributed by atoms with Gasteiger partial charge in [0.15, 0.2) is 11.5 Å². The average molecular weight is 254 g/mol. The summed E-state index contributed by atoms with van der Waals surface area (Å²) in [6.45, 7) is 5.94. The van der Waals surface area contributed by atoms with Crippen LogP contribution in [0.5, 0.6) is 17.2 Å². The predicted octanol–water partition coefficient (Wildman–Crippen LogP) is 3.24. The van der Waals surface area contributed by atoms with Crippen LogP contribution >= 0.6 is 0 Å². The van der Waals surface area contributed by atoms with E-state index in [1.165, 1.54) is 0 Å². The molecule has 0 aliphatic rings. The third-order valence-corrected chi connectivity index (χ3v) is 2.59. The fourth-order valence-electron chi connectivity index (χ4n) is 1.54. The van der Waals surface area contributed by atoms with Crippen molar-refractivity contribution in [1.29, 1.82) is 0 Å². The van der Waals surface area contributed by atoms with Gasteiger partial charge in [-0.2, -0.15) is 0 Å². The highest BCUT2D eigenvalue weighted by molar-refractivity contribution is 5.66. The molecule has 0 amide bonds. The van der Waals surface area contributed by atoms with E-state index in [2.05, 4.69) is 11.7 Å². The number of aryl methyl sites for hydroxylation is 1. The average Bonchev–Trinajstić information content (AvgIpc) is 2.31. The van der Waals surface area contributed by atoms with E-state index in [0.717, 1.165) is 12.8 Å². The molecule has 0 heterocycles. The Morgan fingerprint density at radius 2 is 2.06 bits per heavy atom. The van der Waals surface area contributed by atoms with Crippen LogP contribution in [-0.2, 0) is 0 Å². The molecule has 5 nitrogen and oxygen atoms in total. The number of aromatic hydroxyl groups is 1. The Kier molecular flexibility index (Phi) is 4.83. The second-order valence-corrected chi connectivity index (χ2v) is 4.06. The smallest absolute Gasteiger partial charge is 0.504 e. The van der Waals surface area contributed by atoms with Gasteiger partial charge in [0.2, 0.25) is 0 Å². The highest BCUT2D eigenvalue weighted by Gasteiger charge is 2.17. The Hall–Kier alpha value is -1.91. The van der Waals surface area contributed by atoms with Crippen LogP contribution in [-0.4, -0.2) is 23.0 Å². The zero-order valence-corrected chi connectivity index (χ0v) is 10.8. The maximum Gasteiger partial charge on any atom is 0.511 e. The van der Waals surface area contributed by atoms with Gasteiger partial charge in [0.05, 0.1) is 6.61 Å². The first-order chi connectivity index (χ1) is 8.47. The summed E-state index contributed by atoms with van der Waals surface area (Å²) in [6, 6.07) is 1.67. The lowest BCUT2D eigenvalue weighted by Gasteiger charge is -2.14. The normalized spacial score (nSPS) is 10.2. The molecule has 5 heteroatoms. The number of hydrogen-bond acceptors (Lipinski definition) is 4. The maximum absolute atomic E-state index is 10.5. The molecule has 0 atom stereocenters. The lowest BCUT2D eigenvalue weighted by Crippen LogP contribution is -2.06. The molecule has 0 saturated heterocycles. The summed E-state index contributed by atoms with van der Waals surface area (Å²) in [5, 5.41) is 18.5. The molecule has 1 aromatic carbocycles.